The van der Waals surface area contributed by atoms with E-state index in [0.29, 0.717) is 55.1 Å². The van der Waals surface area contributed by atoms with Gasteiger partial charge < -0.3 is 18.6 Å². The van der Waals surface area contributed by atoms with Crippen LogP contribution in [0.1, 0.15) is 29.2 Å². The first-order chi connectivity index (χ1) is 18.5. The van der Waals surface area contributed by atoms with Gasteiger partial charge in [-0.05, 0) is 37.3 Å². The highest BCUT2D eigenvalue weighted by molar-refractivity contribution is 7.10. The van der Waals surface area contributed by atoms with Gasteiger partial charge in [-0.2, -0.15) is 10.2 Å². The van der Waals surface area contributed by atoms with Gasteiger partial charge in [0.25, 0.3) is 0 Å². The molecule has 0 aliphatic carbocycles. The SMILES string of the molecule is COc1c(/C(C)=N/N=c2sc(C(C)=O)nn2-c2ccccc2)c(Oc2ccccc2)c(OC)c2occc12. The van der Waals surface area contributed by atoms with Crippen molar-refractivity contribution in [1.29, 1.82) is 0 Å². The molecule has 10 heteroatoms. The maximum Gasteiger partial charge on any atom is 0.233 e. The Hall–Kier alpha value is -4.70. The fraction of sp³-hybridized carbons (Fsp3) is 0.143. The van der Waals surface area contributed by atoms with E-state index in [-0.39, 0.29) is 5.78 Å². The van der Waals surface area contributed by atoms with Crippen molar-refractivity contribution in [3.8, 4) is 28.7 Å². The second kappa shape index (κ2) is 10.7. The molecule has 9 nitrogen and oxygen atoms in total. The van der Waals surface area contributed by atoms with E-state index in [9.17, 15) is 4.79 Å². The lowest BCUT2D eigenvalue weighted by Gasteiger charge is -2.18. The molecule has 0 saturated heterocycles. The molecule has 0 amide bonds. The summed E-state index contributed by atoms with van der Waals surface area (Å²) in [5.41, 5.74) is 2.29. The second-order valence-electron chi connectivity index (χ2n) is 8.13. The minimum Gasteiger partial charge on any atom is -0.495 e. The topological polar surface area (TPSA) is 100 Å². The lowest BCUT2D eigenvalue weighted by Crippen LogP contribution is -2.14. The number of nitrogens with zero attached hydrogens (tertiary/aromatic N) is 4. The Kier molecular flexibility index (Phi) is 7.05. The van der Waals surface area contributed by atoms with Crippen LogP contribution in [-0.2, 0) is 0 Å². The largest absolute Gasteiger partial charge is 0.495 e. The number of ether oxygens (including phenoxy) is 3. The third-order valence-corrected chi connectivity index (χ3v) is 6.66. The summed E-state index contributed by atoms with van der Waals surface area (Å²) in [7, 11) is 3.12. The number of furan rings is 1. The highest BCUT2D eigenvalue weighted by Crippen LogP contribution is 2.48. The number of para-hydroxylation sites is 2. The molecule has 5 aromatic rings. The molecule has 0 saturated carbocycles. The molecule has 0 aliphatic heterocycles. The summed E-state index contributed by atoms with van der Waals surface area (Å²) in [6, 6.07) is 20.6. The van der Waals surface area contributed by atoms with E-state index < -0.39 is 0 Å². The first-order valence-electron chi connectivity index (χ1n) is 11.6. The van der Waals surface area contributed by atoms with Crippen LogP contribution in [0, 0.1) is 0 Å². The van der Waals surface area contributed by atoms with Crippen LogP contribution >= 0.6 is 11.3 Å². The van der Waals surface area contributed by atoms with E-state index in [2.05, 4.69) is 15.3 Å². The summed E-state index contributed by atoms with van der Waals surface area (Å²) in [5, 5.41) is 14.5. The summed E-state index contributed by atoms with van der Waals surface area (Å²) in [6.07, 6.45) is 1.56. The number of aromatic nitrogens is 2. The number of benzene rings is 3. The van der Waals surface area contributed by atoms with Crippen molar-refractivity contribution < 1.29 is 23.4 Å². The lowest BCUT2D eigenvalue weighted by molar-refractivity contribution is 0.101. The minimum atomic E-state index is -0.155. The Bertz CT molecular complexity index is 1700. The van der Waals surface area contributed by atoms with Crippen LogP contribution in [0.15, 0.2) is 87.6 Å². The van der Waals surface area contributed by atoms with Gasteiger partial charge >= 0.3 is 0 Å². The molecular formula is C28H24N4O5S. The van der Waals surface area contributed by atoms with E-state index >= 15 is 0 Å². The molecule has 0 aliphatic rings. The number of fused-ring (bicyclic) bond motifs is 1. The van der Waals surface area contributed by atoms with Gasteiger partial charge in [-0.25, -0.2) is 4.68 Å². The summed E-state index contributed by atoms with van der Waals surface area (Å²) in [4.78, 5) is 12.5. The van der Waals surface area contributed by atoms with E-state index in [0.717, 1.165) is 17.0 Å². The fourth-order valence-corrected chi connectivity index (χ4v) is 4.70. The summed E-state index contributed by atoms with van der Waals surface area (Å²) < 4.78 is 25.2. The van der Waals surface area contributed by atoms with E-state index in [1.807, 2.05) is 60.7 Å². The van der Waals surface area contributed by atoms with Crippen molar-refractivity contribution in [3.63, 3.8) is 0 Å². The summed E-state index contributed by atoms with van der Waals surface area (Å²) in [5.74, 6) is 1.72. The van der Waals surface area contributed by atoms with Crippen molar-refractivity contribution in [3.05, 3.63) is 88.4 Å². The molecular weight excluding hydrogens is 504 g/mol. The zero-order chi connectivity index (χ0) is 26.6. The molecule has 0 fully saturated rings. The van der Waals surface area contributed by atoms with E-state index in [1.165, 1.54) is 6.92 Å². The number of carbonyl (C=O) groups excluding carboxylic acids is 1. The molecule has 2 heterocycles. The van der Waals surface area contributed by atoms with Gasteiger partial charge in [0.2, 0.25) is 10.6 Å². The highest BCUT2D eigenvalue weighted by Gasteiger charge is 2.27. The third kappa shape index (κ3) is 4.69. The summed E-state index contributed by atoms with van der Waals surface area (Å²) >= 11 is 1.15. The van der Waals surface area contributed by atoms with Crippen LogP contribution in [0.4, 0.5) is 0 Å². The number of hydrogen-bond acceptors (Lipinski definition) is 9. The zero-order valence-corrected chi connectivity index (χ0v) is 22.0. The average Bonchev–Trinajstić information content (AvgIpc) is 3.60. The molecule has 0 atom stereocenters. The highest BCUT2D eigenvalue weighted by atomic mass is 32.1. The van der Waals surface area contributed by atoms with Gasteiger partial charge in [0.15, 0.2) is 22.1 Å². The molecule has 5 rings (SSSR count). The molecule has 0 bridgehead atoms. The first kappa shape index (κ1) is 25.0. The number of ketones is 1. The predicted molar refractivity (Wildman–Crippen MR) is 145 cm³/mol. The second-order valence-corrected chi connectivity index (χ2v) is 9.08. The standard InChI is InChI=1S/C28H24N4O5S/c1-17(29-30-28-32(19-11-7-5-8-12-19)31-27(38-28)18(2)33)22-23(34-3)21-15-16-36-24(21)26(35-4)25(22)37-20-13-9-6-10-14-20/h5-16H,1-4H3/b29-17+,30-28?. The van der Waals surface area contributed by atoms with Gasteiger partial charge in [0.1, 0.15) is 11.5 Å². The Morgan fingerprint density at radius 1 is 0.921 bits per heavy atom. The van der Waals surface area contributed by atoms with Crippen LogP contribution in [-0.4, -0.2) is 35.5 Å². The van der Waals surface area contributed by atoms with Crippen LogP contribution in [0.3, 0.4) is 0 Å². The Balaban J connectivity index is 1.73. The predicted octanol–water partition coefficient (Wildman–Crippen LogP) is 6.02. The van der Waals surface area contributed by atoms with Gasteiger partial charge in [-0.1, -0.05) is 47.7 Å². The van der Waals surface area contributed by atoms with Crippen LogP contribution in [0.5, 0.6) is 23.0 Å². The molecule has 0 spiro atoms. The number of rotatable bonds is 8. The number of methoxy groups -OCH3 is 2. The fourth-order valence-electron chi connectivity index (χ4n) is 3.94. The van der Waals surface area contributed by atoms with Crippen LogP contribution < -0.4 is 19.0 Å². The normalized spacial score (nSPS) is 12.1. The first-order valence-corrected chi connectivity index (χ1v) is 12.5. The van der Waals surface area contributed by atoms with Crippen molar-refractivity contribution in [1.82, 2.24) is 9.78 Å². The number of Topliss-reactive ketones (excluding diaryl/α,β-unsaturated/α-hetero) is 1. The summed E-state index contributed by atoms with van der Waals surface area (Å²) in [6.45, 7) is 3.27. The quantitative estimate of drug-likeness (QED) is 0.139. The average molecular weight is 529 g/mol. The molecule has 0 N–H and O–H groups in total. The Morgan fingerprint density at radius 2 is 1.61 bits per heavy atom. The monoisotopic (exact) mass is 528 g/mol. The van der Waals surface area contributed by atoms with Gasteiger partial charge in [0, 0.05) is 6.92 Å². The molecule has 3 aromatic carbocycles. The Labute approximate surface area is 222 Å². The molecule has 0 radical (unpaired) electrons. The molecule has 38 heavy (non-hydrogen) atoms. The molecule has 0 unspecified atom stereocenters. The third-order valence-electron chi connectivity index (χ3n) is 5.66. The molecule has 2 aromatic heterocycles. The lowest BCUT2D eigenvalue weighted by atomic mass is 10.0. The zero-order valence-electron chi connectivity index (χ0n) is 21.2. The van der Waals surface area contributed by atoms with E-state index in [4.69, 9.17) is 18.6 Å². The van der Waals surface area contributed by atoms with Gasteiger partial charge in [-0.3, -0.25) is 4.79 Å². The van der Waals surface area contributed by atoms with Crippen LogP contribution in [0.2, 0.25) is 0 Å². The maximum atomic E-state index is 12.1. The Morgan fingerprint density at radius 3 is 2.26 bits per heavy atom. The van der Waals surface area contributed by atoms with Crippen molar-refractivity contribution in [2.45, 2.75) is 13.8 Å². The molecule has 192 valence electrons. The number of hydrogen-bond donors (Lipinski definition) is 0. The van der Waals surface area contributed by atoms with Crippen molar-refractivity contribution >= 4 is 33.8 Å². The van der Waals surface area contributed by atoms with E-state index in [1.54, 1.807) is 38.2 Å². The van der Waals surface area contributed by atoms with Crippen molar-refractivity contribution in [2.24, 2.45) is 10.2 Å². The van der Waals surface area contributed by atoms with Gasteiger partial charge in [-0.15, -0.1) is 5.10 Å². The van der Waals surface area contributed by atoms with Gasteiger partial charge in [0.05, 0.1) is 42.8 Å². The minimum absolute atomic E-state index is 0.155. The van der Waals surface area contributed by atoms with Crippen molar-refractivity contribution in [2.75, 3.05) is 14.2 Å². The number of carbonyl (C=O) groups is 1. The van der Waals surface area contributed by atoms with Crippen LogP contribution in [0.25, 0.3) is 16.7 Å². The smallest absolute Gasteiger partial charge is 0.233 e. The maximum absolute atomic E-state index is 12.1.